The van der Waals surface area contributed by atoms with Crippen LogP contribution in [0, 0.1) is 11.3 Å². The molecule has 5 heteroatoms. The third-order valence-electron chi connectivity index (χ3n) is 7.29. The molecule has 32 heavy (non-hydrogen) atoms. The van der Waals surface area contributed by atoms with Crippen LogP contribution in [0.5, 0.6) is 0 Å². The van der Waals surface area contributed by atoms with Gasteiger partial charge in [-0.05, 0) is 55.0 Å². The van der Waals surface area contributed by atoms with Crippen LogP contribution in [0.4, 0.5) is 0 Å². The van der Waals surface area contributed by atoms with Crippen molar-refractivity contribution in [3.05, 3.63) is 71.2 Å². The zero-order valence-corrected chi connectivity index (χ0v) is 18.4. The lowest BCUT2D eigenvalue weighted by molar-refractivity contribution is 0.0842. The lowest BCUT2D eigenvalue weighted by Crippen LogP contribution is -2.51. The second kappa shape index (κ2) is 8.80. The molecular formula is C27H29N3O2. The first-order valence-corrected chi connectivity index (χ1v) is 11.7. The Morgan fingerprint density at radius 1 is 1.12 bits per heavy atom. The van der Waals surface area contributed by atoms with Crippen LogP contribution in [0.15, 0.2) is 53.3 Å². The number of hydrogen-bond donors (Lipinski definition) is 1. The van der Waals surface area contributed by atoms with Gasteiger partial charge in [0.2, 0.25) is 0 Å². The van der Waals surface area contributed by atoms with Crippen molar-refractivity contribution >= 4 is 16.7 Å². The number of nitrogens with zero attached hydrogens (tertiary/aromatic N) is 2. The van der Waals surface area contributed by atoms with E-state index in [0.29, 0.717) is 5.56 Å². The number of nitrogens with one attached hydrogen (secondary N) is 1. The number of furan rings is 1. The second-order valence-corrected chi connectivity index (χ2v) is 9.35. The van der Waals surface area contributed by atoms with Gasteiger partial charge >= 0.3 is 0 Å². The molecule has 2 aromatic carbocycles. The molecule has 0 bridgehead atoms. The zero-order valence-electron chi connectivity index (χ0n) is 18.4. The lowest BCUT2D eigenvalue weighted by atomic mass is 9.78. The summed E-state index contributed by atoms with van der Waals surface area (Å²) in [4.78, 5) is 15.8. The van der Waals surface area contributed by atoms with E-state index in [2.05, 4.69) is 22.4 Å². The Bertz CT molecular complexity index is 1170. The summed E-state index contributed by atoms with van der Waals surface area (Å²) in [5.74, 6) is 0.00641. The van der Waals surface area contributed by atoms with Crippen molar-refractivity contribution in [1.82, 2.24) is 10.2 Å². The number of rotatable bonds is 5. The summed E-state index contributed by atoms with van der Waals surface area (Å²) >= 11 is 0. The normalized spacial score (nSPS) is 18.1. The molecule has 0 saturated heterocycles. The maximum atomic E-state index is 13.3. The highest BCUT2D eigenvalue weighted by Crippen LogP contribution is 2.33. The summed E-state index contributed by atoms with van der Waals surface area (Å²) in [5, 5.41) is 14.4. The van der Waals surface area contributed by atoms with Crippen molar-refractivity contribution in [3.8, 4) is 6.07 Å². The van der Waals surface area contributed by atoms with Gasteiger partial charge in [-0.1, -0.05) is 37.5 Å². The first-order valence-electron chi connectivity index (χ1n) is 11.7. The Morgan fingerprint density at radius 3 is 2.84 bits per heavy atom. The minimum absolute atomic E-state index is 0.00641. The molecule has 2 heterocycles. The molecule has 5 nitrogen and oxygen atoms in total. The maximum absolute atomic E-state index is 13.3. The number of benzene rings is 2. The molecule has 1 amide bonds. The molecule has 1 saturated carbocycles. The van der Waals surface area contributed by atoms with Crippen molar-refractivity contribution in [2.45, 2.75) is 57.0 Å². The summed E-state index contributed by atoms with van der Waals surface area (Å²) in [6.07, 6.45) is 10.9. The highest BCUT2D eigenvalue weighted by atomic mass is 16.3. The highest BCUT2D eigenvalue weighted by molar-refractivity contribution is 6.06. The van der Waals surface area contributed by atoms with Gasteiger partial charge in [-0.15, -0.1) is 0 Å². The van der Waals surface area contributed by atoms with Gasteiger partial charge in [-0.2, -0.15) is 5.26 Å². The molecule has 1 aromatic heterocycles. The molecule has 0 atom stereocenters. The van der Waals surface area contributed by atoms with E-state index in [-0.39, 0.29) is 11.4 Å². The first kappa shape index (κ1) is 20.8. The molecular weight excluding hydrogens is 398 g/mol. The number of nitriles is 1. The standard InChI is InChI=1S/C27H29N3O2/c28-16-20-7-8-22-17-30(13-9-21(22)15-20)14-12-27(10-2-1-3-11-27)29-26(31)24-6-4-5-23-18-32-19-25(23)24/h4-8,15,18-19H,1-3,9-14,17H2,(H,29,31). The average Bonchev–Trinajstić information content (AvgIpc) is 3.32. The number of fused-ring (bicyclic) bond motifs is 2. The topological polar surface area (TPSA) is 69.3 Å². The van der Waals surface area contributed by atoms with E-state index < -0.39 is 0 Å². The van der Waals surface area contributed by atoms with Crippen LogP contribution < -0.4 is 5.32 Å². The molecule has 2 aliphatic rings. The third kappa shape index (κ3) is 4.16. The van der Waals surface area contributed by atoms with E-state index in [1.807, 2.05) is 30.3 Å². The molecule has 5 rings (SSSR count). The predicted octanol–water partition coefficient (Wildman–Crippen LogP) is 5.19. The number of amides is 1. The van der Waals surface area contributed by atoms with Gasteiger partial charge in [-0.25, -0.2) is 0 Å². The van der Waals surface area contributed by atoms with Crippen LogP contribution in [-0.4, -0.2) is 29.4 Å². The summed E-state index contributed by atoms with van der Waals surface area (Å²) in [6.45, 7) is 2.88. The number of hydrogen-bond acceptors (Lipinski definition) is 4. The smallest absolute Gasteiger partial charge is 0.252 e. The van der Waals surface area contributed by atoms with Crippen molar-refractivity contribution in [1.29, 1.82) is 5.26 Å². The Balaban J connectivity index is 1.29. The first-order chi connectivity index (χ1) is 15.7. The predicted molar refractivity (Wildman–Crippen MR) is 124 cm³/mol. The molecule has 1 aliphatic carbocycles. The van der Waals surface area contributed by atoms with E-state index in [4.69, 9.17) is 9.68 Å². The van der Waals surface area contributed by atoms with Crippen molar-refractivity contribution < 1.29 is 9.21 Å². The average molecular weight is 428 g/mol. The van der Waals surface area contributed by atoms with E-state index in [1.54, 1.807) is 12.5 Å². The molecule has 3 aromatic rings. The molecule has 1 fully saturated rings. The SMILES string of the molecule is N#Cc1ccc2c(c1)CCN(CCC1(NC(=O)c3cccc4cocc34)CCCCC1)C2. The fraction of sp³-hybridized carbons (Fsp3) is 0.407. The molecule has 0 spiro atoms. The van der Waals surface area contributed by atoms with Gasteiger partial charge in [0.25, 0.3) is 5.91 Å². The van der Waals surface area contributed by atoms with Gasteiger partial charge < -0.3 is 9.73 Å². The minimum Gasteiger partial charge on any atom is -0.471 e. The van der Waals surface area contributed by atoms with Crippen LogP contribution in [0.25, 0.3) is 10.8 Å². The maximum Gasteiger partial charge on any atom is 0.252 e. The van der Waals surface area contributed by atoms with Crippen molar-refractivity contribution in [3.63, 3.8) is 0 Å². The molecule has 164 valence electrons. The fourth-order valence-electron chi connectivity index (χ4n) is 5.41. The Labute approximate surface area is 189 Å². The van der Waals surface area contributed by atoms with Gasteiger partial charge in [0, 0.05) is 35.9 Å². The van der Waals surface area contributed by atoms with Crippen LogP contribution in [0.1, 0.15) is 65.6 Å². The quantitative estimate of drug-likeness (QED) is 0.609. The Hall–Kier alpha value is -3.10. The molecule has 1 N–H and O–H groups in total. The molecule has 0 radical (unpaired) electrons. The Morgan fingerprint density at radius 2 is 2.00 bits per heavy atom. The van der Waals surface area contributed by atoms with Gasteiger partial charge in [0.15, 0.2) is 0 Å². The monoisotopic (exact) mass is 427 g/mol. The van der Waals surface area contributed by atoms with Crippen LogP contribution in [-0.2, 0) is 13.0 Å². The van der Waals surface area contributed by atoms with Crippen molar-refractivity contribution in [2.75, 3.05) is 13.1 Å². The fourth-order valence-corrected chi connectivity index (χ4v) is 5.41. The van der Waals surface area contributed by atoms with Gasteiger partial charge in [-0.3, -0.25) is 9.69 Å². The van der Waals surface area contributed by atoms with Crippen LogP contribution >= 0.6 is 0 Å². The van der Waals surface area contributed by atoms with E-state index >= 15 is 0 Å². The zero-order chi connectivity index (χ0) is 22.0. The van der Waals surface area contributed by atoms with E-state index in [1.165, 1.54) is 17.5 Å². The highest BCUT2D eigenvalue weighted by Gasteiger charge is 2.34. The van der Waals surface area contributed by atoms with Crippen molar-refractivity contribution in [2.24, 2.45) is 0 Å². The van der Waals surface area contributed by atoms with E-state index in [9.17, 15) is 4.79 Å². The van der Waals surface area contributed by atoms with Crippen LogP contribution in [0.2, 0.25) is 0 Å². The largest absolute Gasteiger partial charge is 0.471 e. The molecule has 0 unspecified atom stereocenters. The third-order valence-corrected chi connectivity index (χ3v) is 7.29. The lowest BCUT2D eigenvalue weighted by Gasteiger charge is -2.40. The molecule has 1 aliphatic heterocycles. The Kier molecular flexibility index (Phi) is 5.71. The summed E-state index contributed by atoms with van der Waals surface area (Å²) in [6, 6.07) is 14.1. The van der Waals surface area contributed by atoms with Crippen LogP contribution in [0.3, 0.4) is 0 Å². The minimum atomic E-state index is -0.147. The summed E-state index contributed by atoms with van der Waals surface area (Å²) < 4.78 is 5.34. The summed E-state index contributed by atoms with van der Waals surface area (Å²) in [5.41, 5.74) is 3.92. The second-order valence-electron chi connectivity index (χ2n) is 9.35. The van der Waals surface area contributed by atoms with Gasteiger partial charge in [0.05, 0.1) is 29.7 Å². The number of carbonyl (C=O) groups is 1. The van der Waals surface area contributed by atoms with Gasteiger partial charge in [0.1, 0.15) is 0 Å². The number of carbonyl (C=O) groups excluding carboxylic acids is 1. The van der Waals surface area contributed by atoms with E-state index in [0.717, 1.165) is 74.5 Å². The summed E-state index contributed by atoms with van der Waals surface area (Å²) in [7, 11) is 0.